The summed E-state index contributed by atoms with van der Waals surface area (Å²) in [5, 5.41) is 2.58. The third-order valence-corrected chi connectivity index (χ3v) is 2.93. The fraction of sp³-hybridized carbons (Fsp3) is 0.429. The maximum atomic E-state index is 12.3. The summed E-state index contributed by atoms with van der Waals surface area (Å²) in [4.78, 5) is 25.4. The smallest absolute Gasteiger partial charge is 0.411 e. The molecule has 2 rings (SSSR count). The molecule has 108 valence electrons. The Labute approximate surface area is 117 Å². The van der Waals surface area contributed by atoms with Crippen molar-refractivity contribution >= 4 is 17.7 Å². The number of nitrogens with zero attached hydrogens (tertiary/aromatic N) is 1. The van der Waals surface area contributed by atoms with Crippen molar-refractivity contribution in [1.29, 1.82) is 0 Å². The Balaban J connectivity index is 2.04. The lowest BCUT2D eigenvalue weighted by Crippen LogP contribution is -2.40. The Kier molecular flexibility index (Phi) is 4.95. The number of rotatable bonds is 3. The highest BCUT2D eigenvalue weighted by atomic mass is 16.5. The zero-order valence-electron chi connectivity index (χ0n) is 11.4. The van der Waals surface area contributed by atoms with Gasteiger partial charge in [0.25, 0.3) is 5.91 Å². The summed E-state index contributed by atoms with van der Waals surface area (Å²) in [5.74, 6) is -0.0548. The van der Waals surface area contributed by atoms with Crippen molar-refractivity contribution in [3.05, 3.63) is 29.8 Å². The van der Waals surface area contributed by atoms with Crippen LogP contribution in [0.3, 0.4) is 0 Å². The van der Waals surface area contributed by atoms with Gasteiger partial charge in [0.2, 0.25) is 0 Å². The van der Waals surface area contributed by atoms with Crippen LogP contribution in [0.15, 0.2) is 24.3 Å². The molecule has 0 radical (unpaired) electrons. The van der Waals surface area contributed by atoms with E-state index in [2.05, 4.69) is 5.32 Å². The van der Waals surface area contributed by atoms with Gasteiger partial charge in [-0.1, -0.05) is 6.07 Å². The molecule has 0 saturated carbocycles. The van der Waals surface area contributed by atoms with Gasteiger partial charge in [0.15, 0.2) is 0 Å². The van der Waals surface area contributed by atoms with Crippen molar-refractivity contribution in [2.45, 2.75) is 6.92 Å². The molecular formula is C14H18N2O4. The second-order valence-corrected chi connectivity index (χ2v) is 4.33. The highest BCUT2D eigenvalue weighted by Crippen LogP contribution is 2.14. The van der Waals surface area contributed by atoms with Gasteiger partial charge in [0.1, 0.15) is 0 Å². The van der Waals surface area contributed by atoms with Crippen molar-refractivity contribution in [2.75, 3.05) is 38.2 Å². The van der Waals surface area contributed by atoms with Crippen LogP contribution in [0, 0.1) is 0 Å². The van der Waals surface area contributed by atoms with Crippen molar-refractivity contribution in [3.63, 3.8) is 0 Å². The third kappa shape index (κ3) is 3.71. The molecule has 6 heteroatoms. The SMILES string of the molecule is CCOC(=O)Nc1cccc(C(=O)N2CCOCC2)c1. The molecular weight excluding hydrogens is 260 g/mol. The zero-order valence-corrected chi connectivity index (χ0v) is 11.4. The van der Waals surface area contributed by atoms with E-state index >= 15 is 0 Å². The minimum absolute atomic E-state index is 0.0548. The normalized spacial score (nSPS) is 14.8. The van der Waals surface area contributed by atoms with Crippen LogP contribution in [-0.2, 0) is 9.47 Å². The molecule has 1 saturated heterocycles. The van der Waals surface area contributed by atoms with Crippen molar-refractivity contribution < 1.29 is 19.1 Å². The number of benzene rings is 1. The lowest BCUT2D eigenvalue weighted by Gasteiger charge is -2.27. The number of amides is 2. The summed E-state index contributed by atoms with van der Waals surface area (Å²) in [6, 6.07) is 6.82. The number of carbonyl (C=O) groups is 2. The first-order chi connectivity index (χ1) is 9.70. The molecule has 0 atom stereocenters. The number of morpholine rings is 1. The predicted molar refractivity (Wildman–Crippen MR) is 73.8 cm³/mol. The summed E-state index contributed by atoms with van der Waals surface area (Å²) in [6.07, 6.45) is -0.525. The molecule has 6 nitrogen and oxygen atoms in total. The molecule has 0 spiro atoms. The topological polar surface area (TPSA) is 67.9 Å². The van der Waals surface area contributed by atoms with E-state index in [1.807, 2.05) is 0 Å². The Morgan fingerprint density at radius 3 is 2.80 bits per heavy atom. The standard InChI is InChI=1S/C14H18N2O4/c1-2-20-14(18)15-12-5-3-4-11(10-12)13(17)16-6-8-19-9-7-16/h3-5,10H,2,6-9H2,1H3,(H,15,18). The molecule has 0 bridgehead atoms. The molecule has 0 aliphatic carbocycles. The molecule has 2 amide bonds. The van der Waals surface area contributed by atoms with Crippen LogP contribution in [0.2, 0.25) is 0 Å². The van der Waals surface area contributed by atoms with E-state index in [0.717, 1.165) is 0 Å². The summed E-state index contributed by atoms with van der Waals surface area (Å²) >= 11 is 0. The number of hydrogen-bond acceptors (Lipinski definition) is 4. The van der Waals surface area contributed by atoms with E-state index in [-0.39, 0.29) is 5.91 Å². The first-order valence-electron chi connectivity index (χ1n) is 6.61. The van der Waals surface area contributed by atoms with Gasteiger partial charge >= 0.3 is 6.09 Å². The fourth-order valence-corrected chi connectivity index (χ4v) is 1.96. The van der Waals surface area contributed by atoms with E-state index in [0.29, 0.717) is 44.2 Å². The Hall–Kier alpha value is -2.08. The maximum Gasteiger partial charge on any atom is 0.411 e. The van der Waals surface area contributed by atoms with Crippen molar-refractivity contribution in [3.8, 4) is 0 Å². The van der Waals surface area contributed by atoms with Gasteiger partial charge < -0.3 is 14.4 Å². The van der Waals surface area contributed by atoms with Gasteiger partial charge in [0.05, 0.1) is 19.8 Å². The summed E-state index contributed by atoms with van der Waals surface area (Å²) in [6.45, 7) is 4.35. The average Bonchev–Trinajstić information content (AvgIpc) is 2.48. The van der Waals surface area contributed by atoms with Gasteiger partial charge in [-0.25, -0.2) is 4.79 Å². The first-order valence-corrected chi connectivity index (χ1v) is 6.61. The average molecular weight is 278 g/mol. The van der Waals surface area contributed by atoms with Gasteiger partial charge in [0, 0.05) is 24.3 Å². The number of hydrogen-bond donors (Lipinski definition) is 1. The predicted octanol–water partition coefficient (Wildman–Crippen LogP) is 1.73. The Morgan fingerprint density at radius 1 is 1.35 bits per heavy atom. The summed E-state index contributed by atoms with van der Waals surface area (Å²) in [7, 11) is 0. The quantitative estimate of drug-likeness (QED) is 0.914. The van der Waals surface area contributed by atoms with Crippen LogP contribution in [0.25, 0.3) is 0 Å². The van der Waals surface area contributed by atoms with Crippen LogP contribution < -0.4 is 5.32 Å². The van der Waals surface area contributed by atoms with E-state index < -0.39 is 6.09 Å². The second kappa shape index (κ2) is 6.91. The van der Waals surface area contributed by atoms with Gasteiger partial charge in [-0.3, -0.25) is 10.1 Å². The molecule has 1 aliphatic heterocycles. The van der Waals surface area contributed by atoms with Crippen molar-refractivity contribution in [2.24, 2.45) is 0 Å². The summed E-state index contributed by atoms with van der Waals surface area (Å²) < 4.78 is 10.0. The van der Waals surface area contributed by atoms with E-state index in [1.165, 1.54) is 0 Å². The van der Waals surface area contributed by atoms with Crippen LogP contribution >= 0.6 is 0 Å². The molecule has 1 aromatic carbocycles. The molecule has 1 N–H and O–H groups in total. The van der Waals surface area contributed by atoms with Crippen LogP contribution in [0.4, 0.5) is 10.5 Å². The highest BCUT2D eigenvalue weighted by molar-refractivity contribution is 5.96. The zero-order chi connectivity index (χ0) is 14.4. The van der Waals surface area contributed by atoms with E-state index in [4.69, 9.17) is 9.47 Å². The second-order valence-electron chi connectivity index (χ2n) is 4.33. The minimum atomic E-state index is -0.525. The molecule has 0 unspecified atom stereocenters. The Morgan fingerprint density at radius 2 is 2.10 bits per heavy atom. The third-order valence-electron chi connectivity index (χ3n) is 2.93. The van der Waals surface area contributed by atoms with Crippen LogP contribution in [0.1, 0.15) is 17.3 Å². The highest BCUT2D eigenvalue weighted by Gasteiger charge is 2.18. The van der Waals surface area contributed by atoms with Crippen LogP contribution in [0.5, 0.6) is 0 Å². The largest absolute Gasteiger partial charge is 0.450 e. The molecule has 1 aliphatic rings. The number of anilines is 1. The fourth-order valence-electron chi connectivity index (χ4n) is 1.96. The molecule has 0 aromatic heterocycles. The van der Waals surface area contributed by atoms with Gasteiger partial charge in [-0.05, 0) is 25.1 Å². The Bertz CT molecular complexity index is 484. The maximum absolute atomic E-state index is 12.3. The van der Waals surface area contributed by atoms with E-state index in [1.54, 1.807) is 36.1 Å². The molecule has 20 heavy (non-hydrogen) atoms. The number of nitrogens with one attached hydrogen (secondary N) is 1. The van der Waals surface area contributed by atoms with E-state index in [9.17, 15) is 9.59 Å². The monoisotopic (exact) mass is 278 g/mol. The lowest BCUT2D eigenvalue weighted by atomic mass is 10.1. The van der Waals surface area contributed by atoms with Gasteiger partial charge in [-0.15, -0.1) is 0 Å². The van der Waals surface area contributed by atoms with Gasteiger partial charge in [-0.2, -0.15) is 0 Å². The lowest BCUT2D eigenvalue weighted by molar-refractivity contribution is 0.0303. The minimum Gasteiger partial charge on any atom is -0.450 e. The molecule has 1 heterocycles. The summed E-state index contributed by atoms with van der Waals surface area (Å²) in [5.41, 5.74) is 1.09. The molecule has 1 aromatic rings. The van der Waals surface area contributed by atoms with Crippen LogP contribution in [-0.4, -0.2) is 49.8 Å². The van der Waals surface area contributed by atoms with Crippen molar-refractivity contribution in [1.82, 2.24) is 4.90 Å². The number of carbonyl (C=O) groups excluding carboxylic acids is 2. The molecule has 1 fully saturated rings. The number of ether oxygens (including phenoxy) is 2. The first kappa shape index (κ1) is 14.3.